The van der Waals surface area contributed by atoms with Gasteiger partial charge in [-0.05, 0) is 43.9 Å². The molecule has 2 amide bonds. The molecule has 138 valence electrons. The second kappa shape index (κ2) is 8.05. The van der Waals surface area contributed by atoms with Crippen LogP contribution in [-0.4, -0.2) is 53.8 Å². The predicted molar refractivity (Wildman–Crippen MR) is 96.8 cm³/mol. The summed E-state index contributed by atoms with van der Waals surface area (Å²) in [4.78, 5) is 29.3. The Morgan fingerprint density at radius 1 is 1.12 bits per heavy atom. The van der Waals surface area contributed by atoms with Gasteiger partial charge in [-0.2, -0.15) is 0 Å². The number of halogens is 1. The molecule has 0 bridgehead atoms. The number of amides is 2. The Morgan fingerprint density at radius 2 is 1.88 bits per heavy atom. The molecule has 0 radical (unpaired) electrons. The number of hydrogen-bond donors (Lipinski definition) is 1. The van der Waals surface area contributed by atoms with Crippen LogP contribution in [0.3, 0.4) is 0 Å². The molecule has 5 nitrogen and oxygen atoms in total. The van der Waals surface area contributed by atoms with E-state index in [0.29, 0.717) is 18.4 Å². The smallest absolute Gasteiger partial charge is 0.227 e. The number of fused-ring (bicyclic) bond motifs is 1. The Balaban J connectivity index is 0.00000208. The highest BCUT2D eigenvalue weighted by Crippen LogP contribution is 2.38. The van der Waals surface area contributed by atoms with Crippen LogP contribution in [0, 0.1) is 23.7 Å². The molecule has 0 spiro atoms. The molecule has 1 saturated carbocycles. The Kier molecular flexibility index (Phi) is 6.54. The zero-order chi connectivity index (χ0) is 16.6. The highest BCUT2D eigenvalue weighted by molar-refractivity contribution is 5.85. The largest absolute Gasteiger partial charge is 0.342 e. The number of likely N-dealkylation sites (tertiary alicyclic amines) is 2. The van der Waals surface area contributed by atoms with E-state index < -0.39 is 0 Å². The van der Waals surface area contributed by atoms with Crippen LogP contribution in [0.25, 0.3) is 0 Å². The van der Waals surface area contributed by atoms with E-state index in [1.54, 1.807) is 0 Å². The lowest BCUT2D eigenvalue weighted by atomic mass is 9.95. The second-order valence-electron chi connectivity index (χ2n) is 7.84. The van der Waals surface area contributed by atoms with Gasteiger partial charge in [0.1, 0.15) is 0 Å². The molecule has 6 heteroatoms. The summed E-state index contributed by atoms with van der Waals surface area (Å²) >= 11 is 0. The number of piperidine rings is 1. The highest BCUT2D eigenvalue weighted by Gasteiger charge is 2.44. The van der Waals surface area contributed by atoms with E-state index in [1.165, 1.54) is 6.42 Å². The summed E-state index contributed by atoms with van der Waals surface area (Å²) in [5.74, 6) is 1.63. The first-order valence-corrected chi connectivity index (χ1v) is 9.34. The van der Waals surface area contributed by atoms with E-state index in [1.807, 2.05) is 23.6 Å². The zero-order valence-electron chi connectivity index (χ0n) is 14.9. The lowest BCUT2D eigenvalue weighted by Crippen LogP contribution is -2.48. The van der Waals surface area contributed by atoms with Crippen LogP contribution in [0.4, 0.5) is 0 Å². The van der Waals surface area contributed by atoms with Gasteiger partial charge in [-0.15, -0.1) is 12.4 Å². The van der Waals surface area contributed by atoms with E-state index in [2.05, 4.69) is 0 Å². The van der Waals surface area contributed by atoms with Crippen molar-refractivity contribution in [2.45, 2.75) is 52.0 Å². The normalized spacial score (nSPS) is 33.8. The summed E-state index contributed by atoms with van der Waals surface area (Å²) in [7, 11) is 0. The van der Waals surface area contributed by atoms with Gasteiger partial charge in [0.05, 0.1) is 5.92 Å². The average Bonchev–Trinajstić information content (AvgIpc) is 3.15. The van der Waals surface area contributed by atoms with Crippen molar-refractivity contribution in [3.63, 3.8) is 0 Å². The van der Waals surface area contributed by atoms with Crippen LogP contribution in [0.5, 0.6) is 0 Å². The van der Waals surface area contributed by atoms with Crippen molar-refractivity contribution in [1.29, 1.82) is 0 Å². The molecule has 2 heterocycles. The quantitative estimate of drug-likeness (QED) is 0.838. The van der Waals surface area contributed by atoms with Crippen molar-refractivity contribution in [2.24, 2.45) is 29.4 Å². The van der Waals surface area contributed by atoms with E-state index in [9.17, 15) is 9.59 Å². The summed E-state index contributed by atoms with van der Waals surface area (Å²) in [6.07, 6.45) is 5.00. The monoisotopic (exact) mass is 357 g/mol. The lowest BCUT2D eigenvalue weighted by Gasteiger charge is -2.35. The van der Waals surface area contributed by atoms with Crippen LogP contribution in [0.15, 0.2) is 0 Å². The van der Waals surface area contributed by atoms with Crippen molar-refractivity contribution >= 4 is 24.2 Å². The van der Waals surface area contributed by atoms with E-state index in [-0.39, 0.29) is 42.1 Å². The molecule has 0 aromatic heterocycles. The molecule has 24 heavy (non-hydrogen) atoms. The van der Waals surface area contributed by atoms with Gasteiger partial charge in [0.15, 0.2) is 0 Å². The van der Waals surface area contributed by atoms with Gasteiger partial charge in [-0.25, -0.2) is 0 Å². The topological polar surface area (TPSA) is 66.6 Å². The molecule has 5 atom stereocenters. The van der Waals surface area contributed by atoms with Crippen LogP contribution in [0.1, 0.15) is 46.0 Å². The van der Waals surface area contributed by atoms with Gasteiger partial charge in [-0.1, -0.05) is 13.8 Å². The lowest BCUT2D eigenvalue weighted by molar-refractivity contribution is -0.142. The number of carbonyl (C=O) groups is 2. The van der Waals surface area contributed by atoms with Crippen LogP contribution in [-0.2, 0) is 9.59 Å². The molecule has 0 aromatic rings. The molecule has 5 unspecified atom stereocenters. The molecule has 3 aliphatic rings. The SMILES string of the molecule is CCC(C)C(=O)N1CCCC(C(=O)N2CC3CCC(N)C3C2)C1.Cl. The van der Waals surface area contributed by atoms with Gasteiger partial charge in [-0.3, -0.25) is 9.59 Å². The van der Waals surface area contributed by atoms with Gasteiger partial charge >= 0.3 is 0 Å². The number of rotatable bonds is 3. The highest BCUT2D eigenvalue weighted by atomic mass is 35.5. The Morgan fingerprint density at radius 3 is 2.54 bits per heavy atom. The fourth-order valence-electron chi connectivity index (χ4n) is 4.61. The summed E-state index contributed by atoms with van der Waals surface area (Å²) in [5.41, 5.74) is 6.18. The maximum Gasteiger partial charge on any atom is 0.227 e. The maximum atomic E-state index is 12.9. The number of hydrogen-bond acceptors (Lipinski definition) is 3. The number of nitrogens with two attached hydrogens (primary N) is 1. The summed E-state index contributed by atoms with van der Waals surface area (Å²) < 4.78 is 0. The first-order valence-electron chi connectivity index (χ1n) is 9.34. The minimum absolute atomic E-state index is 0. The fraction of sp³-hybridized carbons (Fsp3) is 0.889. The van der Waals surface area contributed by atoms with Crippen molar-refractivity contribution < 1.29 is 9.59 Å². The van der Waals surface area contributed by atoms with E-state index in [4.69, 9.17) is 5.73 Å². The van der Waals surface area contributed by atoms with E-state index >= 15 is 0 Å². The molecular weight excluding hydrogens is 326 g/mol. The Hall–Kier alpha value is -0.810. The number of carbonyl (C=O) groups excluding carboxylic acids is 2. The molecule has 0 aromatic carbocycles. The van der Waals surface area contributed by atoms with Gasteiger partial charge < -0.3 is 15.5 Å². The third-order valence-electron chi connectivity index (χ3n) is 6.34. The van der Waals surface area contributed by atoms with Crippen LogP contribution < -0.4 is 5.73 Å². The van der Waals surface area contributed by atoms with E-state index in [0.717, 1.165) is 45.3 Å². The first kappa shape index (κ1) is 19.5. The van der Waals surface area contributed by atoms with Crippen molar-refractivity contribution in [2.75, 3.05) is 26.2 Å². The fourth-order valence-corrected chi connectivity index (χ4v) is 4.61. The van der Waals surface area contributed by atoms with Crippen molar-refractivity contribution in [3.8, 4) is 0 Å². The Labute approximate surface area is 151 Å². The van der Waals surface area contributed by atoms with Crippen LogP contribution >= 0.6 is 12.4 Å². The summed E-state index contributed by atoms with van der Waals surface area (Å²) in [6.45, 7) is 7.16. The van der Waals surface area contributed by atoms with Gasteiger partial charge in [0.25, 0.3) is 0 Å². The molecular formula is C18H32ClN3O2. The molecule has 2 N–H and O–H groups in total. The molecule has 2 saturated heterocycles. The first-order chi connectivity index (χ1) is 11.0. The van der Waals surface area contributed by atoms with Crippen molar-refractivity contribution in [3.05, 3.63) is 0 Å². The molecule has 3 fully saturated rings. The molecule has 2 aliphatic heterocycles. The van der Waals surface area contributed by atoms with Crippen molar-refractivity contribution in [1.82, 2.24) is 9.80 Å². The average molecular weight is 358 g/mol. The minimum atomic E-state index is -0.00759. The van der Waals surface area contributed by atoms with Crippen LogP contribution in [0.2, 0.25) is 0 Å². The molecule has 3 rings (SSSR count). The second-order valence-corrected chi connectivity index (χ2v) is 7.84. The maximum absolute atomic E-state index is 12.9. The van der Waals surface area contributed by atoms with Gasteiger partial charge in [0, 0.05) is 38.1 Å². The predicted octanol–water partition coefficient (Wildman–Crippen LogP) is 1.89. The zero-order valence-corrected chi connectivity index (χ0v) is 15.8. The minimum Gasteiger partial charge on any atom is -0.342 e. The Bertz CT molecular complexity index is 473. The standard InChI is InChI=1S/C18H31N3O2.ClH/c1-3-12(2)17(22)20-8-4-5-14(10-20)18(23)21-9-13-6-7-16(19)15(13)11-21;/h12-16H,3-11,19H2,1-2H3;1H. The van der Waals surface area contributed by atoms with Gasteiger partial charge in [0.2, 0.25) is 11.8 Å². The third-order valence-corrected chi connectivity index (χ3v) is 6.34. The molecule has 1 aliphatic carbocycles. The third kappa shape index (κ3) is 3.72. The number of nitrogens with zero attached hydrogens (tertiary/aromatic N) is 2. The summed E-state index contributed by atoms with van der Waals surface area (Å²) in [5, 5.41) is 0. The summed E-state index contributed by atoms with van der Waals surface area (Å²) in [6, 6.07) is 0.271.